The standard InChI is InChI=1S/C15H19N3O2S/c1-19-14-7-3-2-6-12(14)13-10-21-15(18-17-13)16-9-11-5-4-8-20-11/h2-3,6-7,11H,4-5,8-10H2,1H3,(H,16,18)/t11-/m1/s1. The number of thioether (sulfide) groups is 1. The summed E-state index contributed by atoms with van der Waals surface area (Å²) < 4.78 is 10.9. The molecule has 2 heterocycles. The van der Waals surface area contributed by atoms with Gasteiger partial charge in [-0.3, -0.25) is 10.4 Å². The molecule has 2 aliphatic rings. The number of aliphatic imine (C=N–C) groups is 1. The Morgan fingerprint density at radius 3 is 3.10 bits per heavy atom. The Bertz CT molecular complexity index is 554. The summed E-state index contributed by atoms with van der Waals surface area (Å²) in [7, 11) is 1.68. The van der Waals surface area contributed by atoms with Crippen molar-refractivity contribution >= 4 is 22.6 Å². The van der Waals surface area contributed by atoms with E-state index in [0.717, 1.165) is 53.9 Å². The van der Waals surface area contributed by atoms with Crippen LogP contribution < -0.4 is 10.2 Å². The van der Waals surface area contributed by atoms with Crippen LogP contribution in [0.1, 0.15) is 18.4 Å². The number of hydrogen-bond donors (Lipinski definition) is 1. The van der Waals surface area contributed by atoms with Crippen LogP contribution in [-0.4, -0.2) is 43.0 Å². The smallest absolute Gasteiger partial charge is 0.177 e. The predicted octanol–water partition coefficient (Wildman–Crippen LogP) is 2.27. The summed E-state index contributed by atoms with van der Waals surface area (Å²) in [4.78, 5) is 4.54. The van der Waals surface area contributed by atoms with E-state index >= 15 is 0 Å². The molecule has 0 saturated carbocycles. The summed E-state index contributed by atoms with van der Waals surface area (Å²) in [5, 5.41) is 5.29. The lowest BCUT2D eigenvalue weighted by molar-refractivity contribution is 0.118. The number of nitrogens with zero attached hydrogens (tertiary/aromatic N) is 2. The summed E-state index contributed by atoms with van der Waals surface area (Å²) in [6, 6.07) is 7.92. The molecule has 6 heteroatoms. The van der Waals surface area contributed by atoms with Crippen LogP contribution in [0.15, 0.2) is 34.4 Å². The average Bonchev–Trinajstić information content (AvgIpc) is 3.07. The first-order chi connectivity index (χ1) is 10.4. The van der Waals surface area contributed by atoms with Gasteiger partial charge in [0.05, 0.1) is 25.5 Å². The molecule has 1 N–H and O–H groups in total. The minimum atomic E-state index is 0.277. The van der Waals surface area contributed by atoms with Gasteiger partial charge in [-0.05, 0) is 25.0 Å². The molecule has 0 unspecified atom stereocenters. The molecule has 1 aromatic carbocycles. The number of hydrazone groups is 1. The monoisotopic (exact) mass is 305 g/mol. The molecule has 2 aliphatic heterocycles. The maximum absolute atomic E-state index is 5.57. The molecule has 0 amide bonds. The molecular weight excluding hydrogens is 286 g/mol. The molecule has 3 rings (SSSR count). The molecule has 1 fully saturated rings. The number of ether oxygens (including phenoxy) is 2. The van der Waals surface area contributed by atoms with E-state index in [4.69, 9.17) is 9.47 Å². The van der Waals surface area contributed by atoms with Crippen molar-refractivity contribution in [3.05, 3.63) is 29.8 Å². The van der Waals surface area contributed by atoms with Gasteiger partial charge in [0.15, 0.2) is 5.17 Å². The molecule has 21 heavy (non-hydrogen) atoms. The van der Waals surface area contributed by atoms with Crippen LogP contribution in [0.2, 0.25) is 0 Å². The van der Waals surface area contributed by atoms with Crippen LogP contribution in [0.3, 0.4) is 0 Å². The zero-order valence-electron chi connectivity index (χ0n) is 12.0. The molecular formula is C15H19N3O2S. The van der Waals surface area contributed by atoms with E-state index in [0.29, 0.717) is 0 Å². The summed E-state index contributed by atoms with van der Waals surface area (Å²) in [5.41, 5.74) is 5.04. The average molecular weight is 305 g/mol. The number of para-hydroxylation sites is 1. The lowest BCUT2D eigenvalue weighted by atomic mass is 10.1. The minimum Gasteiger partial charge on any atom is -0.496 e. The highest BCUT2D eigenvalue weighted by molar-refractivity contribution is 8.14. The third kappa shape index (κ3) is 3.57. The van der Waals surface area contributed by atoms with Gasteiger partial charge in [0.1, 0.15) is 5.75 Å². The molecule has 0 aromatic heterocycles. The first-order valence-corrected chi connectivity index (χ1v) is 8.10. The van der Waals surface area contributed by atoms with Crippen molar-refractivity contribution in [1.29, 1.82) is 0 Å². The lowest BCUT2D eigenvalue weighted by Crippen LogP contribution is -2.26. The van der Waals surface area contributed by atoms with Crippen LogP contribution >= 0.6 is 11.8 Å². The van der Waals surface area contributed by atoms with Crippen molar-refractivity contribution in [2.24, 2.45) is 10.1 Å². The second kappa shape index (κ2) is 6.95. The number of benzene rings is 1. The van der Waals surface area contributed by atoms with Gasteiger partial charge < -0.3 is 9.47 Å². The Kier molecular flexibility index (Phi) is 4.77. The van der Waals surface area contributed by atoms with Gasteiger partial charge in [-0.15, -0.1) is 0 Å². The Labute approximate surface area is 128 Å². The van der Waals surface area contributed by atoms with Crippen molar-refractivity contribution in [2.75, 3.05) is 26.0 Å². The molecule has 1 aromatic rings. The Hall–Kier alpha value is -1.53. The van der Waals surface area contributed by atoms with E-state index in [-0.39, 0.29) is 6.10 Å². The van der Waals surface area contributed by atoms with Crippen molar-refractivity contribution < 1.29 is 9.47 Å². The fourth-order valence-corrected chi connectivity index (χ4v) is 3.16. The van der Waals surface area contributed by atoms with Crippen molar-refractivity contribution in [3.63, 3.8) is 0 Å². The van der Waals surface area contributed by atoms with E-state index in [1.165, 1.54) is 0 Å². The Balaban J connectivity index is 1.64. The SMILES string of the molecule is COc1ccccc1C1=NNC(=NC[C@H]2CCCO2)SC1. The van der Waals surface area contributed by atoms with Gasteiger partial charge in [-0.2, -0.15) is 5.10 Å². The Morgan fingerprint density at radius 1 is 1.48 bits per heavy atom. The maximum Gasteiger partial charge on any atom is 0.177 e. The number of amidine groups is 1. The number of nitrogens with one attached hydrogen (secondary N) is 1. The highest BCUT2D eigenvalue weighted by atomic mass is 32.2. The van der Waals surface area contributed by atoms with E-state index in [9.17, 15) is 0 Å². The lowest BCUT2D eigenvalue weighted by Gasteiger charge is -2.17. The second-order valence-corrected chi connectivity index (χ2v) is 5.90. The largest absolute Gasteiger partial charge is 0.496 e. The number of rotatable bonds is 4. The molecule has 1 atom stereocenters. The third-order valence-electron chi connectivity index (χ3n) is 3.51. The summed E-state index contributed by atoms with van der Waals surface area (Å²) >= 11 is 1.67. The van der Waals surface area contributed by atoms with Gasteiger partial charge in [0.2, 0.25) is 0 Å². The predicted molar refractivity (Wildman–Crippen MR) is 86.4 cm³/mol. The fourth-order valence-electron chi connectivity index (χ4n) is 2.39. The summed E-state index contributed by atoms with van der Waals surface area (Å²) in [6.07, 6.45) is 2.53. The van der Waals surface area contributed by atoms with E-state index in [1.54, 1.807) is 18.9 Å². The number of methoxy groups -OCH3 is 1. The third-order valence-corrected chi connectivity index (χ3v) is 4.42. The van der Waals surface area contributed by atoms with Crippen molar-refractivity contribution in [1.82, 2.24) is 5.43 Å². The van der Waals surface area contributed by atoms with Gasteiger partial charge in [-0.1, -0.05) is 23.9 Å². The highest BCUT2D eigenvalue weighted by Crippen LogP contribution is 2.22. The first kappa shape index (κ1) is 14.4. The zero-order valence-corrected chi connectivity index (χ0v) is 12.9. The van der Waals surface area contributed by atoms with Crippen LogP contribution in [0, 0.1) is 0 Å². The van der Waals surface area contributed by atoms with Gasteiger partial charge in [0, 0.05) is 17.9 Å². The van der Waals surface area contributed by atoms with Gasteiger partial charge in [-0.25, -0.2) is 0 Å². The maximum atomic E-state index is 5.57. The van der Waals surface area contributed by atoms with Crippen LogP contribution in [-0.2, 0) is 4.74 Å². The van der Waals surface area contributed by atoms with Crippen molar-refractivity contribution in [2.45, 2.75) is 18.9 Å². The van der Waals surface area contributed by atoms with E-state index < -0.39 is 0 Å². The Morgan fingerprint density at radius 2 is 2.38 bits per heavy atom. The molecule has 0 aliphatic carbocycles. The number of hydrogen-bond acceptors (Lipinski definition) is 5. The van der Waals surface area contributed by atoms with Gasteiger partial charge in [0.25, 0.3) is 0 Å². The van der Waals surface area contributed by atoms with Crippen LogP contribution in [0.5, 0.6) is 5.75 Å². The molecule has 1 saturated heterocycles. The molecule has 112 valence electrons. The second-order valence-electron chi connectivity index (χ2n) is 4.94. The molecule has 0 radical (unpaired) electrons. The first-order valence-electron chi connectivity index (χ1n) is 7.11. The molecule has 0 spiro atoms. The van der Waals surface area contributed by atoms with Crippen LogP contribution in [0.4, 0.5) is 0 Å². The van der Waals surface area contributed by atoms with Crippen molar-refractivity contribution in [3.8, 4) is 5.75 Å². The molecule has 5 nitrogen and oxygen atoms in total. The normalized spacial score (nSPS) is 23.8. The zero-order chi connectivity index (χ0) is 14.5. The summed E-state index contributed by atoms with van der Waals surface area (Å²) in [5.74, 6) is 1.64. The topological polar surface area (TPSA) is 55.2 Å². The minimum absolute atomic E-state index is 0.277. The van der Waals surface area contributed by atoms with Gasteiger partial charge >= 0.3 is 0 Å². The molecule has 0 bridgehead atoms. The quantitative estimate of drug-likeness (QED) is 0.927. The highest BCUT2D eigenvalue weighted by Gasteiger charge is 2.18. The fraction of sp³-hybridized carbons (Fsp3) is 0.467. The summed E-state index contributed by atoms with van der Waals surface area (Å²) in [6.45, 7) is 1.58. The van der Waals surface area contributed by atoms with Crippen LogP contribution in [0.25, 0.3) is 0 Å². The van der Waals surface area contributed by atoms with E-state index in [2.05, 4.69) is 15.5 Å². The van der Waals surface area contributed by atoms with E-state index in [1.807, 2.05) is 24.3 Å².